The monoisotopic (exact) mass is 359 g/mol. The van der Waals surface area contributed by atoms with Gasteiger partial charge in [-0.05, 0) is 31.4 Å². The second-order valence-electron chi connectivity index (χ2n) is 6.32. The summed E-state index contributed by atoms with van der Waals surface area (Å²) in [6.07, 6.45) is 3.16. The van der Waals surface area contributed by atoms with E-state index in [2.05, 4.69) is 33.0 Å². The van der Waals surface area contributed by atoms with Crippen LogP contribution >= 0.6 is 11.8 Å². The van der Waals surface area contributed by atoms with Crippen LogP contribution in [0.25, 0.3) is 0 Å². The molecule has 3 rings (SSSR count). The molecule has 0 spiro atoms. The Bertz CT molecular complexity index is 682. The summed E-state index contributed by atoms with van der Waals surface area (Å²) in [6, 6.07) is 10.2. The van der Waals surface area contributed by atoms with Crippen molar-refractivity contribution < 1.29 is 4.79 Å². The summed E-state index contributed by atoms with van der Waals surface area (Å²) < 4.78 is 2.03. The van der Waals surface area contributed by atoms with Gasteiger partial charge in [0.15, 0.2) is 5.16 Å². The fourth-order valence-corrected chi connectivity index (χ4v) is 3.80. The SMILES string of the molecule is Cn1c(SCC(=O)NCCc2ccccc2)nnc1[C@@H]1CCCNC1. The number of amides is 1. The zero-order valence-corrected chi connectivity index (χ0v) is 15.4. The predicted molar refractivity (Wildman–Crippen MR) is 99.7 cm³/mol. The Kier molecular flexibility index (Phi) is 6.47. The van der Waals surface area contributed by atoms with E-state index < -0.39 is 0 Å². The Labute approximate surface area is 152 Å². The van der Waals surface area contributed by atoms with Crippen LogP contribution in [0.1, 0.15) is 30.1 Å². The molecule has 2 aromatic rings. The third-order valence-corrected chi connectivity index (χ3v) is 5.46. The highest BCUT2D eigenvalue weighted by Gasteiger charge is 2.21. The first kappa shape index (κ1) is 17.9. The Morgan fingerprint density at radius 1 is 1.36 bits per heavy atom. The highest BCUT2D eigenvalue weighted by Crippen LogP contribution is 2.24. The third-order valence-electron chi connectivity index (χ3n) is 4.44. The second kappa shape index (κ2) is 9.01. The van der Waals surface area contributed by atoms with E-state index in [1.165, 1.54) is 23.7 Å². The van der Waals surface area contributed by atoms with Crippen molar-refractivity contribution >= 4 is 17.7 Å². The Balaban J connectivity index is 1.43. The van der Waals surface area contributed by atoms with E-state index in [4.69, 9.17) is 0 Å². The number of thioether (sulfide) groups is 1. The summed E-state index contributed by atoms with van der Waals surface area (Å²) in [7, 11) is 1.99. The van der Waals surface area contributed by atoms with Crippen molar-refractivity contribution in [3.8, 4) is 0 Å². The molecule has 2 N–H and O–H groups in total. The van der Waals surface area contributed by atoms with Crippen LogP contribution in [0.3, 0.4) is 0 Å². The van der Waals surface area contributed by atoms with E-state index in [1.807, 2.05) is 29.8 Å². The number of aromatic nitrogens is 3. The first-order chi connectivity index (χ1) is 12.2. The maximum atomic E-state index is 12.0. The van der Waals surface area contributed by atoms with Crippen molar-refractivity contribution in [1.82, 2.24) is 25.4 Å². The number of benzene rings is 1. The van der Waals surface area contributed by atoms with Gasteiger partial charge in [0.25, 0.3) is 0 Å². The van der Waals surface area contributed by atoms with Crippen LogP contribution in [-0.2, 0) is 18.3 Å². The number of hydrogen-bond donors (Lipinski definition) is 2. The molecule has 6 nitrogen and oxygen atoms in total. The van der Waals surface area contributed by atoms with Gasteiger partial charge in [-0.2, -0.15) is 0 Å². The van der Waals surface area contributed by atoms with Crippen molar-refractivity contribution in [3.63, 3.8) is 0 Å². The van der Waals surface area contributed by atoms with Crippen molar-refractivity contribution in [2.24, 2.45) is 7.05 Å². The number of hydrogen-bond acceptors (Lipinski definition) is 5. The van der Waals surface area contributed by atoms with Crippen molar-refractivity contribution in [3.05, 3.63) is 41.7 Å². The predicted octanol–water partition coefficient (Wildman–Crippen LogP) is 1.73. The second-order valence-corrected chi connectivity index (χ2v) is 7.26. The van der Waals surface area contributed by atoms with Crippen LogP contribution in [0.15, 0.2) is 35.5 Å². The fourth-order valence-electron chi connectivity index (χ4n) is 3.05. The molecule has 1 aromatic carbocycles. The highest BCUT2D eigenvalue weighted by atomic mass is 32.2. The molecule has 1 fully saturated rings. The summed E-state index contributed by atoms with van der Waals surface area (Å²) in [6.45, 7) is 2.69. The van der Waals surface area contributed by atoms with Gasteiger partial charge in [-0.1, -0.05) is 42.1 Å². The fraction of sp³-hybridized carbons (Fsp3) is 0.500. The van der Waals surface area contributed by atoms with Crippen LogP contribution in [0, 0.1) is 0 Å². The number of carbonyl (C=O) groups is 1. The van der Waals surface area contributed by atoms with Crippen molar-refractivity contribution in [2.45, 2.75) is 30.3 Å². The van der Waals surface area contributed by atoms with Crippen LogP contribution in [-0.4, -0.2) is 46.1 Å². The molecule has 7 heteroatoms. The number of nitrogens with one attached hydrogen (secondary N) is 2. The van der Waals surface area contributed by atoms with E-state index >= 15 is 0 Å². The molecule has 2 heterocycles. The Hall–Kier alpha value is -1.86. The van der Waals surface area contributed by atoms with Gasteiger partial charge in [-0.3, -0.25) is 4.79 Å². The van der Waals surface area contributed by atoms with Gasteiger partial charge in [0, 0.05) is 26.1 Å². The topological polar surface area (TPSA) is 71.8 Å². The lowest BCUT2D eigenvalue weighted by atomic mass is 9.99. The molecule has 0 saturated carbocycles. The summed E-state index contributed by atoms with van der Waals surface area (Å²) in [5, 5.41) is 15.8. The first-order valence-corrected chi connectivity index (χ1v) is 9.76. The van der Waals surface area contributed by atoms with E-state index in [0.717, 1.165) is 36.9 Å². The van der Waals surface area contributed by atoms with Gasteiger partial charge >= 0.3 is 0 Å². The van der Waals surface area contributed by atoms with Crippen LogP contribution in [0.5, 0.6) is 0 Å². The lowest BCUT2D eigenvalue weighted by Gasteiger charge is -2.21. The van der Waals surface area contributed by atoms with Crippen LogP contribution in [0.4, 0.5) is 0 Å². The zero-order valence-electron chi connectivity index (χ0n) is 14.6. The standard InChI is InChI=1S/C18H25N5OS/c1-23-17(15-8-5-10-19-12-15)21-22-18(23)25-13-16(24)20-11-9-14-6-3-2-4-7-14/h2-4,6-7,15,19H,5,8-13H2,1H3,(H,20,24)/t15-/m1/s1. The van der Waals surface area contributed by atoms with E-state index in [0.29, 0.717) is 18.2 Å². The van der Waals surface area contributed by atoms with Crippen molar-refractivity contribution in [2.75, 3.05) is 25.4 Å². The van der Waals surface area contributed by atoms with Gasteiger partial charge in [-0.25, -0.2) is 0 Å². The van der Waals surface area contributed by atoms with Gasteiger partial charge < -0.3 is 15.2 Å². The molecule has 1 aromatic heterocycles. The summed E-state index contributed by atoms with van der Waals surface area (Å²) >= 11 is 1.44. The Morgan fingerprint density at radius 2 is 2.20 bits per heavy atom. The highest BCUT2D eigenvalue weighted by molar-refractivity contribution is 7.99. The Morgan fingerprint density at radius 3 is 2.96 bits per heavy atom. The van der Waals surface area contributed by atoms with E-state index in [1.54, 1.807) is 0 Å². The van der Waals surface area contributed by atoms with Crippen LogP contribution in [0.2, 0.25) is 0 Å². The molecule has 25 heavy (non-hydrogen) atoms. The molecule has 0 aliphatic carbocycles. The normalized spacial score (nSPS) is 17.4. The average molecular weight is 359 g/mol. The molecule has 0 radical (unpaired) electrons. The van der Waals surface area contributed by atoms with E-state index in [-0.39, 0.29) is 5.91 Å². The van der Waals surface area contributed by atoms with E-state index in [9.17, 15) is 4.79 Å². The minimum atomic E-state index is 0.0322. The smallest absolute Gasteiger partial charge is 0.230 e. The summed E-state index contributed by atoms with van der Waals surface area (Å²) in [5.41, 5.74) is 1.23. The molecule has 1 saturated heterocycles. The molecular formula is C18H25N5OS. The molecule has 1 aliphatic heterocycles. The molecular weight excluding hydrogens is 334 g/mol. The summed E-state index contributed by atoms with van der Waals surface area (Å²) in [5.74, 6) is 1.83. The average Bonchev–Trinajstić information content (AvgIpc) is 3.02. The minimum Gasteiger partial charge on any atom is -0.355 e. The van der Waals surface area contributed by atoms with Crippen LogP contribution < -0.4 is 10.6 Å². The summed E-state index contributed by atoms with van der Waals surface area (Å²) in [4.78, 5) is 12.0. The number of rotatable bonds is 7. The zero-order chi connectivity index (χ0) is 17.5. The number of piperidine rings is 1. The first-order valence-electron chi connectivity index (χ1n) is 8.77. The number of nitrogens with zero attached hydrogens (tertiary/aromatic N) is 3. The third kappa shape index (κ3) is 5.06. The lowest BCUT2D eigenvalue weighted by molar-refractivity contribution is -0.118. The molecule has 1 amide bonds. The van der Waals surface area contributed by atoms with Crippen molar-refractivity contribution in [1.29, 1.82) is 0 Å². The van der Waals surface area contributed by atoms with Gasteiger partial charge in [-0.15, -0.1) is 10.2 Å². The quantitative estimate of drug-likeness (QED) is 0.737. The largest absolute Gasteiger partial charge is 0.355 e. The maximum Gasteiger partial charge on any atom is 0.230 e. The molecule has 1 aliphatic rings. The maximum absolute atomic E-state index is 12.0. The molecule has 134 valence electrons. The number of carbonyl (C=O) groups excluding carboxylic acids is 1. The van der Waals surface area contributed by atoms with Gasteiger partial charge in [0.2, 0.25) is 5.91 Å². The minimum absolute atomic E-state index is 0.0322. The molecule has 0 unspecified atom stereocenters. The molecule has 1 atom stereocenters. The van der Waals surface area contributed by atoms with Gasteiger partial charge in [0.1, 0.15) is 5.82 Å². The lowest BCUT2D eigenvalue weighted by Crippen LogP contribution is -2.30. The molecule has 0 bridgehead atoms. The van der Waals surface area contributed by atoms with Gasteiger partial charge in [0.05, 0.1) is 5.75 Å².